The van der Waals surface area contributed by atoms with Gasteiger partial charge in [0.15, 0.2) is 11.6 Å². The molecule has 38 heavy (non-hydrogen) atoms. The molecule has 0 atom stereocenters. The topological polar surface area (TPSA) is 77.3 Å². The van der Waals surface area contributed by atoms with Crippen LogP contribution in [0.15, 0.2) is 71.6 Å². The average molecular weight is 530 g/mol. The van der Waals surface area contributed by atoms with E-state index >= 15 is 0 Å². The second kappa shape index (κ2) is 11.7. The second-order valence-corrected chi connectivity index (χ2v) is 10.2. The minimum absolute atomic E-state index is 0.0142. The van der Waals surface area contributed by atoms with Gasteiger partial charge >= 0.3 is 0 Å². The van der Waals surface area contributed by atoms with Crippen molar-refractivity contribution in [1.82, 2.24) is 15.3 Å². The first kappa shape index (κ1) is 25.8. The first-order chi connectivity index (χ1) is 18.5. The van der Waals surface area contributed by atoms with Crippen molar-refractivity contribution in [3.05, 3.63) is 95.5 Å². The van der Waals surface area contributed by atoms with Crippen LogP contribution in [0.25, 0.3) is 20.8 Å². The van der Waals surface area contributed by atoms with Crippen LogP contribution in [-0.2, 0) is 24.2 Å². The molecule has 1 N–H and O–H groups in total. The number of pyridine rings is 2. The highest BCUT2D eigenvalue weighted by molar-refractivity contribution is 7.22. The summed E-state index contributed by atoms with van der Waals surface area (Å²) in [6.07, 6.45) is 6.58. The van der Waals surface area contributed by atoms with Gasteiger partial charge in [0.2, 0.25) is 0 Å². The Hall–Kier alpha value is -3.88. The number of nitrogens with one attached hydrogen (secondary N) is 1. The zero-order valence-electron chi connectivity index (χ0n) is 21.3. The monoisotopic (exact) mass is 529 g/mol. The van der Waals surface area contributed by atoms with E-state index in [1.807, 2.05) is 31.3 Å². The number of Topliss-reactive ketones (excluding diaryl/α,β-unsaturated/α-hetero) is 1. The predicted octanol–water partition coefficient (Wildman–Crippen LogP) is 7.05. The summed E-state index contributed by atoms with van der Waals surface area (Å²) < 4.78 is 27.0. The van der Waals surface area contributed by atoms with Crippen LogP contribution in [0.2, 0.25) is 0 Å². The summed E-state index contributed by atoms with van der Waals surface area (Å²) in [5.41, 5.74) is 4.15. The number of aryl methyl sites for hydroxylation is 1. The van der Waals surface area contributed by atoms with Gasteiger partial charge in [-0.15, -0.1) is 11.3 Å². The lowest BCUT2D eigenvalue weighted by atomic mass is 10.0. The molecule has 0 spiro atoms. The van der Waals surface area contributed by atoms with E-state index in [0.717, 1.165) is 57.2 Å². The Morgan fingerprint density at radius 1 is 1.03 bits per heavy atom. The number of ether oxygens (including phenoxy) is 1. The summed E-state index contributed by atoms with van der Waals surface area (Å²) in [4.78, 5) is 22.4. The number of ketones is 1. The van der Waals surface area contributed by atoms with Crippen LogP contribution in [0.1, 0.15) is 35.8 Å². The van der Waals surface area contributed by atoms with Crippen molar-refractivity contribution < 1.29 is 18.3 Å². The SMILES string of the molecule is CCCNCc1ccc(-c2cc3nccc(Oc4ccc(CC(=O)Cc5coc(C)c5)cc4F)c3s2)nc1. The fraction of sp³-hybridized carbons (Fsp3) is 0.233. The van der Waals surface area contributed by atoms with E-state index in [1.165, 1.54) is 17.4 Å². The number of hydrogen-bond acceptors (Lipinski definition) is 7. The van der Waals surface area contributed by atoms with E-state index in [2.05, 4.69) is 28.3 Å². The molecule has 194 valence electrons. The van der Waals surface area contributed by atoms with Gasteiger partial charge in [-0.1, -0.05) is 19.1 Å². The molecule has 1 aromatic carbocycles. The minimum atomic E-state index is -0.523. The van der Waals surface area contributed by atoms with Crippen LogP contribution in [0.4, 0.5) is 4.39 Å². The molecule has 0 bridgehead atoms. The first-order valence-corrected chi connectivity index (χ1v) is 13.4. The fourth-order valence-electron chi connectivity index (χ4n) is 4.17. The number of nitrogens with zero attached hydrogens (tertiary/aromatic N) is 2. The number of hydrogen-bond donors (Lipinski definition) is 1. The third-order valence-electron chi connectivity index (χ3n) is 6.01. The van der Waals surface area contributed by atoms with E-state index in [-0.39, 0.29) is 24.4 Å². The van der Waals surface area contributed by atoms with Crippen LogP contribution in [-0.4, -0.2) is 22.3 Å². The molecule has 0 amide bonds. The van der Waals surface area contributed by atoms with Crippen molar-refractivity contribution >= 4 is 27.3 Å². The number of carbonyl (C=O) groups excluding carboxylic acids is 1. The van der Waals surface area contributed by atoms with Gasteiger partial charge in [-0.05, 0) is 66.9 Å². The third kappa shape index (κ3) is 6.15. The van der Waals surface area contributed by atoms with Crippen molar-refractivity contribution in [3.8, 4) is 22.1 Å². The van der Waals surface area contributed by atoms with Gasteiger partial charge in [0.05, 0.1) is 27.1 Å². The molecule has 4 aromatic heterocycles. The highest BCUT2D eigenvalue weighted by Crippen LogP contribution is 2.39. The second-order valence-electron chi connectivity index (χ2n) is 9.19. The van der Waals surface area contributed by atoms with Crippen LogP contribution in [0, 0.1) is 12.7 Å². The van der Waals surface area contributed by atoms with Gasteiger partial charge in [0, 0.05) is 37.8 Å². The Bertz CT molecular complexity index is 1560. The smallest absolute Gasteiger partial charge is 0.166 e. The molecule has 0 aliphatic carbocycles. The number of carbonyl (C=O) groups is 1. The summed E-state index contributed by atoms with van der Waals surface area (Å²) in [7, 11) is 0. The molecule has 0 fully saturated rings. The molecule has 6 nitrogen and oxygen atoms in total. The molecule has 5 rings (SSSR count). The fourth-order valence-corrected chi connectivity index (χ4v) is 5.21. The number of thiophene rings is 1. The van der Waals surface area contributed by atoms with Crippen molar-refractivity contribution in [2.24, 2.45) is 0 Å². The van der Waals surface area contributed by atoms with E-state index in [4.69, 9.17) is 9.15 Å². The van der Waals surface area contributed by atoms with Crippen molar-refractivity contribution in [2.45, 2.75) is 39.7 Å². The number of furan rings is 1. The van der Waals surface area contributed by atoms with Crippen LogP contribution >= 0.6 is 11.3 Å². The quantitative estimate of drug-likeness (QED) is 0.185. The number of aromatic nitrogens is 2. The van der Waals surface area contributed by atoms with Gasteiger partial charge in [0.25, 0.3) is 0 Å². The van der Waals surface area contributed by atoms with Gasteiger partial charge in [0.1, 0.15) is 17.3 Å². The molecule has 0 unspecified atom stereocenters. The first-order valence-electron chi connectivity index (χ1n) is 12.5. The predicted molar refractivity (Wildman–Crippen MR) is 147 cm³/mol. The Balaban J connectivity index is 1.29. The van der Waals surface area contributed by atoms with Gasteiger partial charge < -0.3 is 14.5 Å². The van der Waals surface area contributed by atoms with E-state index in [1.54, 1.807) is 30.7 Å². The van der Waals surface area contributed by atoms with Crippen LogP contribution in [0.3, 0.4) is 0 Å². The Labute approximate surface area is 224 Å². The molecule has 0 radical (unpaired) electrons. The van der Waals surface area contributed by atoms with Crippen LogP contribution < -0.4 is 10.1 Å². The number of rotatable bonds is 11. The van der Waals surface area contributed by atoms with Gasteiger partial charge in [-0.3, -0.25) is 14.8 Å². The largest absolute Gasteiger partial charge is 0.469 e. The molecule has 0 saturated heterocycles. The molecular formula is C30H28FN3O3S. The molecule has 0 aliphatic heterocycles. The molecular weight excluding hydrogens is 501 g/mol. The molecule has 0 aliphatic rings. The lowest BCUT2D eigenvalue weighted by molar-refractivity contribution is -0.117. The Morgan fingerprint density at radius 3 is 2.61 bits per heavy atom. The highest BCUT2D eigenvalue weighted by Gasteiger charge is 2.15. The lowest BCUT2D eigenvalue weighted by Crippen LogP contribution is -2.13. The number of fused-ring (bicyclic) bond motifs is 1. The number of benzene rings is 1. The zero-order valence-corrected chi connectivity index (χ0v) is 22.1. The van der Waals surface area contributed by atoms with Gasteiger partial charge in [-0.2, -0.15) is 0 Å². The maximum atomic E-state index is 15.0. The summed E-state index contributed by atoms with van der Waals surface area (Å²) >= 11 is 1.50. The lowest BCUT2D eigenvalue weighted by Gasteiger charge is -2.09. The summed E-state index contributed by atoms with van der Waals surface area (Å²) in [5.74, 6) is 0.832. The molecule has 0 saturated carbocycles. The summed E-state index contributed by atoms with van der Waals surface area (Å²) in [6, 6.07) is 14.2. The normalized spacial score (nSPS) is 11.2. The Morgan fingerprint density at radius 2 is 1.87 bits per heavy atom. The third-order valence-corrected chi connectivity index (χ3v) is 7.17. The van der Waals surface area contributed by atoms with Crippen molar-refractivity contribution in [3.63, 3.8) is 0 Å². The van der Waals surface area contributed by atoms with Crippen LogP contribution in [0.5, 0.6) is 11.5 Å². The Kier molecular flexibility index (Phi) is 7.91. The van der Waals surface area contributed by atoms with Crippen molar-refractivity contribution in [1.29, 1.82) is 0 Å². The van der Waals surface area contributed by atoms with Crippen molar-refractivity contribution in [2.75, 3.05) is 6.54 Å². The highest BCUT2D eigenvalue weighted by atomic mass is 32.1. The maximum absolute atomic E-state index is 15.0. The molecule has 5 aromatic rings. The van der Waals surface area contributed by atoms with E-state index in [9.17, 15) is 9.18 Å². The maximum Gasteiger partial charge on any atom is 0.166 e. The van der Waals surface area contributed by atoms with E-state index in [0.29, 0.717) is 11.3 Å². The molecule has 4 heterocycles. The molecule has 8 heteroatoms. The van der Waals surface area contributed by atoms with E-state index < -0.39 is 5.82 Å². The van der Waals surface area contributed by atoms with Gasteiger partial charge in [-0.25, -0.2) is 4.39 Å². The number of halogens is 1. The summed E-state index contributed by atoms with van der Waals surface area (Å²) in [6.45, 7) is 5.73. The summed E-state index contributed by atoms with van der Waals surface area (Å²) in [5, 5.41) is 3.38. The zero-order chi connectivity index (χ0) is 26.5. The standard InChI is InChI=1S/C30H28FN3O3S/c1-3-9-32-16-21-4-6-25(34-17-21)29-15-26-30(38-29)28(8-10-33-26)37-27-7-5-20(14-24(27)31)12-23(35)13-22-11-19(2)36-18-22/h4-8,10-11,14-15,17-18,32H,3,9,12-13,16H2,1-2H3. The minimum Gasteiger partial charge on any atom is -0.469 e. The average Bonchev–Trinajstić information content (AvgIpc) is 3.52.